The quantitative estimate of drug-likeness (QED) is 0.389. The predicted octanol–water partition coefficient (Wildman–Crippen LogP) is 4.98. The zero-order chi connectivity index (χ0) is 21.0. The Labute approximate surface area is 177 Å². The molecule has 0 spiro atoms. The summed E-state index contributed by atoms with van der Waals surface area (Å²) in [6, 6.07) is 14.4. The van der Waals surface area contributed by atoms with Crippen molar-refractivity contribution in [3.8, 4) is 17.1 Å². The van der Waals surface area contributed by atoms with Crippen molar-refractivity contribution in [3.05, 3.63) is 76.6 Å². The lowest BCUT2D eigenvalue weighted by Gasteiger charge is -2.18. The van der Waals surface area contributed by atoms with E-state index in [9.17, 15) is 0 Å². The van der Waals surface area contributed by atoms with Gasteiger partial charge in [0.25, 0.3) is 0 Å². The lowest BCUT2D eigenvalue weighted by atomic mass is 10.1. The van der Waals surface area contributed by atoms with Gasteiger partial charge in [0, 0.05) is 13.1 Å². The molecule has 152 valence electrons. The van der Waals surface area contributed by atoms with Crippen LogP contribution in [-0.2, 0) is 19.8 Å². The van der Waals surface area contributed by atoms with E-state index in [1.807, 2.05) is 39.6 Å². The molecule has 0 fully saturated rings. The van der Waals surface area contributed by atoms with Gasteiger partial charge in [-0.2, -0.15) is 5.10 Å². The number of ether oxygens (including phenoxy) is 1. The van der Waals surface area contributed by atoms with E-state index in [1.54, 1.807) is 7.11 Å². The zero-order valence-electron chi connectivity index (χ0n) is 17.6. The van der Waals surface area contributed by atoms with Gasteiger partial charge in [-0.3, -0.25) is 9.47 Å². The number of methoxy groups -OCH3 is 1. The second-order valence-electron chi connectivity index (χ2n) is 7.29. The van der Waals surface area contributed by atoms with E-state index in [2.05, 4.69) is 50.6 Å². The lowest BCUT2D eigenvalue weighted by molar-refractivity contribution is 0.243. The second-order valence-corrected chi connectivity index (χ2v) is 7.66. The summed E-state index contributed by atoms with van der Waals surface area (Å²) in [4.78, 5) is 2.21. The number of hydrogen-bond acceptors (Lipinski definition) is 4. The van der Waals surface area contributed by atoms with Gasteiger partial charge in [-0.25, -0.2) is 4.68 Å². The van der Waals surface area contributed by atoms with Crippen LogP contribution in [-0.4, -0.2) is 33.4 Å². The molecule has 0 saturated heterocycles. The molecule has 2 aromatic carbocycles. The number of allylic oxidation sites excluding steroid dienone is 1. The molecule has 0 radical (unpaired) electrons. The maximum atomic E-state index is 5.73. The van der Waals surface area contributed by atoms with E-state index >= 15 is 0 Å². The van der Waals surface area contributed by atoms with Crippen LogP contribution in [0.1, 0.15) is 16.7 Å². The van der Waals surface area contributed by atoms with E-state index in [4.69, 9.17) is 22.1 Å². The van der Waals surface area contributed by atoms with Crippen LogP contribution in [0.2, 0.25) is 0 Å². The summed E-state index contributed by atoms with van der Waals surface area (Å²) in [6.45, 7) is 10.2. The fourth-order valence-electron chi connectivity index (χ4n) is 3.45. The van der Waals surface area contributed by atoms with Crippen LogP contribution in [0.4, 0.5) is 0 Å². The highest BCUT2D eigenvalue weighted by atomic mass is 32.1. The summed E-state index contributed by atoms with van der Waals surface area (Å²) in [5.74, 6) is 1.56. The average molecular weight is 409 g/mol. The van der Waals surface area contributed by atoms with Gasteiger partial charge in [0.05, 0.1) is 19.3 Å². The van der Waals surface area contributed by atoms with Crippen LogP contribution < -0.4 is 4.74 Å². The van der Waals surface area contributed by atoms with Gasteiger partial charge in [0.15, 0.2) is 10.6 Å². The maximum Gasteiger partial charge on any atom is 0.199 e. The number of rotatable bonds is 8. The predicted molar refractivity (Wildman–Crippen MR) is 121 cm³/mol. The Balaban J connectivity index is 1.91. The Kier molecular flexibility index (Phi) is 6.67. The van der Waals surface area contributed by atoms with E-state index in [-0.39, 0.29) is 0 Å². The molecule has 0 saturated carbocycles. The first kappa shape index (κ1) is 21.0. The van der Waals surface area contributed by atoms with Gasteiger partial charge in [-0.15, -0.1) is 6.58 Å². The van der Waals surface area contributed by atoms with Gasteiger partial charge in [-0.1, -0.05) is 42.0 Å². The number of benzene rings is 2. The molecule has 0 unspecified atom stereocenters. The minimum Gasteiger partial charge on any atom is -0.496 e. The highest BCUT2D eigenvalue weighted by Crippen LogP contribution is 2.28. The Morgan fingerprint density at radius 3 is 2.66 bits per heavy atom. The van der Waals surface area contributed by atoms with Crippen molar-refractivity contribution in [1.82, 2.24) is 19.2 Å². The molecule has 0 amide bonds. The molecule has 6 heteroatoms. The molecule has 29 heavy (non-hydrogen) atoms. The first-order chi connectivity index (χ1) is 13.9. The van der Waals surface area contributed by atoms with Crippen LogP contribution in [0.15, 0.2) is 55.1 Å². The van der Waals surface area contributed by atoms with E-state index < -0.39 is 0 Å². The van der Waals surface area contributed by atoms with E-state index in [0.29, 0.717) is 18.0 Å². The molecule has 0 bridgehead atoms. The SMILES string of the molecule is C=CCn1c(-c2ccccc2OC)nn(CN(C)Cc2ccc(C)cc2C)c1=S. The van der Waals surface area contributed by atoms with Gasteiger partial charge < -0.3 is 4.74 Å². The Morgan fingerprint density at radius 2 is 1.97 bits per heavy atom. The topological polar surface area (TPSA) is 35.2 Å². The molecule has 3 rings (SSSR count). The molecule has 1 aromatic heterocycles. The molecule has 0 N–H and O–H groups in total. The lowest BCUT2D eigenvalue weighted by Crippen LogP contribution is -2.23. The summed E-state index contributed by atoms with van der Waals surface area (Å²) in [6.07, 6.45) is 1.83. The fourth-order valence-corrected chi connectivity index (χ4v) is 3.71. The van der Waals surface area contributed by atoms with Crippen LogP contribution >= 0.6 is 12.2 Å². The van der Waals surface area contributed by atoms with E-state index in [1.165, 1.54) is 16.7 Å². The van der Waals surface area contributed by atoms with Crippen molar-refractivity contribution in [3.63, 3.8) is 0 Å². The molecule has 1 heterocycles. The van der Waals surface area contributed by atoms with Crippen molar-refractivity contribution in [2.24, 2.45) is 0 Å². The van der Waals surface area contributed by atoms with Crippen molar-refractivity contribution in [2.45, 2.75) is 33.6 Å². The summed E-state index contributed by atoms with van der Waals surface area (Å²) >= 11 is 5.73. The van der Waals surface area contributed by atoms with E-state index in [0.717, 1.165) is 23.7 Å². The first-order valence-corrected chi connectivity index (χ1v) is 10.0. The maximum absolute atomic E-state index is 5.73. The molecule has 0 atom stereocenters. The Bertz CT molecular complexity index is 1070. The van der Waals surface area contributed by atoms with Crippen molar-refractivity contribution in [1.29, 1.82) is 0 Å². The van der Waals surface area contributed by atoms with Crippen LogP contribution in [0.3, 0.4) is 0 Å². The van der Waals surface area contributed by atoms with Crippen molar-refractivity contribution < 1.29 is 4.74 Å². The molecule has 0 aliphatic carbocycles. The summed E-state index contributed by atoms with van der Waals surface area (Å²) in [7, 11) is 3.75. The number of aryl methyl sites for hydroxylation is 2. The largest absolute Gasteiger partial charge is 0.496 e. The number of aromatic nitrogens is 3. The fraction of sp³-hybridized carbons (Fsp3) is 0.304. The molecule has 3 aromatic rings. The third kappa shape index (κ3) is 4.66. The van der Waals surface area contributed by atoms with Crippen LogP contribution in [0, 0.1) is 18.6 Å². The summed E-state index contributed by atoms with van der Waals surface area (Å²) in [5, 5.41) is 4.83. The smallest absolute Gasteiger partial charge is 0.199 e. The number of para-hydroxylation sites is 1. The van der Waals surface area contributed by atoms with Crippen molar-refractivity contribution in [2.75, 3.05) is 14.2 Å². The number of hydrogen-bond donors (Lipinski definition) is 0. The van der Waals surface area contributed by atoms with Gasteiger partial charge in [0.1, 0.15) is 5.75 Å². The molecule has 0 aliphatic rings. The highest BCUT2D eigenvalue weighted by molar-refractivity contribution is 7.71. The molecular weight excluding hydrogens is 380 g/mol. The summed E-state index contributed by atoms with van der Waals surface area (Å²) < 4.78 is 10.1. The minimum absolute atomic E-state index is 0.590. The minimum atomic E-state index is 0.590. The van der Waals surface area contributed by atoms with Gasteiger partial charge in [-0.05, 0) is 56.4 Å². The third-order valence-electron chi connectivity index (χ3n) is 4.90. The molecular formula is C23H28N4OS. The third-order valence-corrected chi connectivity index (χ3v) is 5.33. The Morgan fingerprint density at radius 1 is 1.21 bits per heavy atom. The molecule has 0 aliphatic heterocycles. The monoisotopic (exact) mass is 408 g/mol. The second kappa shape index (κ2) is 9.20. The van der Waals surface area contributed by atoms with Crippen molar-refractivity contribution >= 4 is 12.2 Å². The zero-order valence-corrected chi connectivity index (χ0v) is 18.4. The average Bonchev–Trinajstić information content (AvgIpc) is 3.00. The molecule has 5 nitrogen and oxygen atoms in total. The standard InChI is InChI=1S/C23H28N4OS/c1-6-13-26-22(20-9-7-8-10-21(20)28-5)24-27(23(26)29)16-25(4)15-19-12-11-17(2)14-18(19)3/h6-12,14H,1,13,15-16H2,2-5H3. The first-order valence-electron chi connectivity index (χ1n) is 9.61. The van der Waals surface area contributed by atoms with Gasteiger partial charge >= 0.3 is 0 Å². The number of nitrogens with zero attached hydrogens (tertiary/aromatic N) is 4. The van der Waals surface area contributed by atoms with Gasteiger partial charge in [0.2, 0.25) is 0 Å². The van der Waals surface area contributed by atoms with Crippen LogP contribution in [0.5, 0.6) is 5.75 Å². The Hall–Kier alpha value is -2.70. The normalized spacial score (nSPS) is 11.1. The highest BCUT2D eigenvalue weighted by Gasteiger charge is 2.16. The summed E-state index contributed by atoms with van der Waals surface area (Å²) in [5.41, 5.74) is 4.80. The van der Waals surface area contributed by atoms with Crippen LogP contribution in [0.25, 0.3) is 11.4 Å².